The molecule has 5 heteroatoms. The van der Waals surface area contributed by atoms with Crippen LogP contribution in [0, 0.1) is 5.82 Å². The third kappa shape index (κ3) is 3.69. The van der Waals surface area contributed by atoms with Gasteiger partial charge in [-0.05, 0) is 30.2 Å². The minimum Gasteiger partial charge on any atom is -0.254 e. The van der Waals surface area contributed by atoms with Crippen molar-refractivity contribution in [3.8, 4) is 0 Å². The number of halogens is 1. The minimum absolute atomic E-state index is 0.351. The summed E-state index contributed by atoms with van der Waals surface area (Å²) in [5.74, 6) is -0.351. The highest BCUT2D eigenvalue weighted by Crippen LogP contribution is 2.00. The fourth-order valence-electron chi connectivity index (χ4n) is 0.867. The maximum absolute atomic E-state index is 12.4. The number of rotatable bonds is 4. The van der Waals surface area contributed by atoms with E-state index in [1.54, 1.807) is 12.1 Å². The van der Waals surface area contributed by atoms with Gasteiger partial charge >= 0.3 is 0 Å². The van der Waals surface area contributed by atoms with Crippen LogP contribution in [0.15, 0.2) is 29.5 Å². The Labute approximate surface area is 80.7 Å². The summed E-state index contributed by atoms with van der Waals surface area (Å²) < 4.78 is 12.4. The first-order chi connectivity index (χ1) is 6.83. The highest BCUT2D eigenvalue weighted by molar-refractivity contribution is 5.43. The van der Waals surface area contributed by atoms with Crippen molar-refractivity contribution < 1.29 is 4.39 Å². The van der Waals surface area contributed by atoms with Gasteiger partial charge in [0.25, 0.3) is 0 Å². The molecule has 72 valence electrons. The second kappa shape index (κ2) is 5.72. The first-order valence-electron chi connectivity index (χ1n) is 4.12. The standard InChI is InChI=1S/C9H9FN4/c10-8-4-5-9(12-7-8)3-1-2-6-13-14-11/h1,3-5,7H,2,6H2. The third-order valence-electron chi connectivity index (χ3n) is 1.50. The van der Waals surface area contributed by atoms with E-state index in [-0.39, 0.29) is 5.82 Å². The first kappa shape index (κ1) is 10.2. The van der Waals surface area contributed by atoms with Crippen LogP contribution in [0.25, 0.3) is 16.5 Å². The van der Waals surface area contributed by atoms with E-state index in [0.717, 1.165) is 6.20 Å². The molecule has 0 radical (unpaired) electrons. The molecule has 4 nitrogen and oxygen atoms in total. The van der Waals surface area contributed by atoms with Crippen LogP contribution in [-0.2, 0) is 0 Å². The lowest BCUT2D eigenvalue weighted by Gasteiger charge is -1.91. The molecule has 1 heterocycles. The van der Waals surface area contributed by atoms with E-state index in [9.17, 15) is 4.39 Å². The predicted molar refractivity (Wildman–Crippen MR) is 51.9 cm³/mol. The summed E-state index contributed by atoms with van der Waals surface area (Å²) in [6, 6.07) is 2.93. The van der Waals surface area contributed by atoms with Crippen molar-refractivity contribution >= 4 is 6.08 Å². The SMILES string of the molecule is [N-]=[N+]=NCCC=Cc1ccc(F)cn1. The normalized spacial score (nSPS) is 10.1. The quantitative estimate of drug-likeness (QED) is 0.313. The summed E-state index contributed by atoms with van der Waals surface area (Å²) in [4.78, 5) is 6.45. The van der Waals surface area contributed by atoms with Crippen molar-refractivity contribution in [3.05, 3.63) is 46.4 Å². The van der Waals surface area contributed by atoms with Gasteiger partial charge in [0.2, 0.25) is 0 Å². The van der Waals surface area contributed by atoms with Gasteiger partial charge in [-0.2, -0.15) is 0 Å². The smallest absolute Gasteiger partial charge is 0.141 e. The molecule has 0 amide bonds. The van der Waals surface area contributed by atoms with Gasteiger partial charge in [0.1, 0.15) is 5.82 Å². The van der Waals surface area contributed by atoms with Gasteiger partial charge < -0.3 is 0 Å². The maximum atomic E-state index is 12.4. The average molecular weight is 192 g/mol. The topological polar surface area (TPSA) is 61.7 Å². The molecule has 0 saturated heterocycles. The summed E-state index contributed by atoms with van der Waals surface area (Å²) in [6.45, 7) is 0.425. The molecule has 0 saturated carbocycles. The summed E-state index contributed by atoms with van der Waals surface area (Å²) in [5, 5.41) is 3.37. The molecule has 0 bridgehead atoms. The van der Waals surface area contributed by atoms with E-state index in [1.165, 1.54) is 6.07 Å². The average Bonchev–Trinajstić information content (AvgIpc) is 2.21. The van der Waals surface area contributed by atoms with Crippen molar-refractivity contribution in [2.24, 2.45) is 5.11 Å². The Morgan fingerprint density at radius 3 is 3.07 bits per heavy atom. The van der Waals surface area contributed by atoms with E-state index < -0.39 is 0 Å². The number of aromatic nitrogens is 1. The fourth-order valence-corrected chi connectivity index (χ4v) is 0.867. The fraction of sp³-hybridized carbons (Fsp3) is 0.222. The molecule has 1 aromatic heterocycles. The van der Waals surface area contributed by atoms with E-state index in [2.05, 4.69) is 15.0 Å². The Bertz CT molecular complexity index is 352. The molecule has 0 aliphatic heterocycles. The van der Waals surface area contributed by atoms with E-state index in [4.69, 9.17) is 5.53 Å². The molecule has 1 aromatic rings. The van der Waals surface area contributed by atoms with Gasteiger partial charge in [0.15, 0.2) is 0 Å². The zero-order valence-electron chi connectivity index (χ0n) is 7.47. The number of hydrogen-bond donors (Lipinski definition) is 0. The van der Waals surface area contributed by atoms with Crippen LogP contribution < -0.4 is 0 Å². The van der Waals surface area contributed by atoms with Gasteiger partial charge in [-0.3, -0.25) is 4.98 Å². The minimum atomic E-state index is -0.351. The Kier molecular flexibility index (Phi) is 4.17. The molecule has 0 aromatic carbocycles. The number of nitrogens with zero attached hydrogens (tertiary/aromatic N) is 4. The molecule has 1 rings (SSSR count). The van der Waals surface area contributed by atoms with Crippen LogP contribution in [0.3, 0.4) is 0 Å². The second-order valence-electron chi connectivity index (χ2n) is 2.55. The lowest BCUT2D eigenvalue weighted by atomic mass is 10.3. The van der Waals surface area contributed by atoms with Gasteiger partial charge in [-0.15, -0.1) is 0 Å². The number of hydrogen-bond acceptors (Lipinski definition) is 2. The van der Waals surface area contributed by atoms with Crippen LogP contribution in [0.4, 0.5) is 4.39 Å². The van der Waals surface area contributed by atoms with Crippen LogP contribution in [0.1, 0.15) is 12.1 Å². The van der Waals surface area contributed by atoms with Crippen molar-refractivity contribution in [3.63, 3.8) is 0 Å². The molecular formula is C9H9FN4. The third-order valence-corrected chi connectivity index (χ3v) is 1.50. The molecule has 0 unspecified atom stereocenters. The Balaban J connectivity index is 2.43. The second-order valence-corrected chi connectivity index (χ2v) is 2.55. The summed E-state index contributed by atoms with van der Waals surface area (Å²) in [7, 11) is 0. The monoisotopic (exact) mass is 192 g/mol. The zero-order valence-corrected chi connectivity index (χ0v) is 7.47. The van der Waals surface area contributed by atoms with Crippen molar-refractivity contribution in [2.75, 3.05) is 6.54 Å². The summed E-state index contributed by atoms with van der Waals surface area (Å²) in [5.41, 5.74) is 8.68. The van der Waals surface area contributed by atoms with Gasteiger partial charge in [-0.1, -0.05) is 11.2 Å². The molecule has 0 spiro atoms. The van der Waals surface area contributed by atoms with E-state index in [0.29, 0.717) is 18.7 Å². The summed E-state index contributed by atoms with van der Waals surface area (Å²) in [6.07, 6.45) is 5.40. The Morgan fingerprint density at radius 1 is 1.57 bits per heavy atom. The van der Waals surface area contributed by atoms with Gasteiger partial charge in [-0.25, -0.2) is 4.39 Å². The van der Waals surface area contributed by atoms with Gasteiger partial charge in [0, 0.05) is 11.5 Å². The maximum Gasteiger partial charge on any atom is 0.141 e. The van der Waals surface area contributed by atoms with Crippen molar-refractivity contribution in [1.82, 2.24) is 4.98 Å². The number of azide groups is 1. The highest BCUT2D eigenvalue weighted by Gasteiger charge is 1.89. The lowest BCUT2D eigenvalue weighted by Crippen LogP contribution is -1.81. The Morgan fingerprint density at radius 2 is 2.43 bits per heavy atom. The number of pyridine rings is 1. The van der Waals surface area contributed by atoms with Crippen LogP contribution >= 0.6 is 0 Å². The molecule has 0 atom stereocenters. The van der Waals surface area contributed by atoms with E-state index in [1.807, 2.05) is 6.08 Å². The predicted octanol–water partition coefficient (Wildman–Crippen LogP) is 2.93. The van der Waals surface area contributed by atoms with Crippen LogP contribution in [0.2, 0.25) is 0 Å². The van der Waals surface area contributed by atoms with Crippen molar-refractivity contribution in [2.45, 2.75) is 6.42 Å². The molecular weight excluding hydrogens is 183 g/mol. The van der Waals surface area contributed by atoms with Gasteiger partial charge in [0.05, 0.1) is 11.9 Å². The molecule has 0 fully saturated rings. The zero-order chi connectivity index (χ0) is 10.2. The molecule has 0 N–H and O–H groups in total. The lowest BCUT2D eigenvalue weighted by molar-refractivity contribution is 0.621. The molecule has 0 aliphatic carbocycles. The highest BCUT2D eigenvalue weighted by atomic mass is 19.1. The molecule has 14 heavy (non-hydrogen) atoms. The molecule has 0 aliphatic rings. The first-order valence-corrected chi connectivity index (χ1v) is 4.12. The Hall–Kier alpha value is -1.87. The van der Waals surface area contributed by atoms with Crippen LogP contribution in [0.5, 0.6) is 0 Å². The van der Waals surface area contributed by atoms with E-state index >= 15 is 0 Å². The van der Waals surface area contributed by atoms with Crippen molar-refractivity contribution in [1.29, 1.82) is 0 Å². The van der Waals surface area contributed by atoms with Crippen LogP contribution in [-0.4, -0.2) is 11.5 Å². The summed E-state index contributed by atoms with van der Waals surface area (Å²) >= 11 is 0. The largest absolute Gasteiger partial charge is 0.254 e.